The number of nitrogens with zero attached hydrogens (tertiary/aromatic N) is 4. The van der Waals surface area contributed by atoms with Crippen molar-refractivity contribution in [3.05, 3.63) is 57.6 Å². The van der Waals surface area contributed by atoms with Crippen molar-refractivity contribution < 1.29 is 4.92 Å². The van der Waals surface area contributed by atoms with E-state index < -0.39 is 0 Å². The highest BCUT2D eigenvalue weighted by atomic mass is 32.1. The summed E-state index contributed by atoms with van der Waals surface area (Å²) in [6.45, 7) is 1.61. The van der Waals surface area contributed by atoms with Crippen molar-refractivity contribution in [1.82, 2.24) is 9.38 Å². The molecule has 0 aliphatic carbocycles. The highest BCUT2D eigenvalue weighted by molar-refractivity contribution is 7.15. The van der Waals surface area contributed by atoms with Gasteiger partial charge in [0.05, 0.1) is 0 Å². The van der Waals surface area contributed by atoms with Crippen molar-refractivity contribution in [3.63, 3.8) is 0 Å². The predicted octanol–water partition coefficient (Wildman–Crippen LogP) is 4.08. The van der Waals surface area contributed by atoms with Crippen LogP contribution >= 0.6 is 11.3 Å². The Hall–Kier alpha value is -2.41. The maximum Gasteiger partial charge on any atom is 0.373 e. The van der Waals surface area contributed by atoms with Gasteiger partial charge in [-0.05, 0) is 35.7 Å². The van der Waals surface area contributed by atoms with E-state index in [4.69, 9.17) is 0 Å². The van der Waals surface area contributed by atoms with Gasteiger partial charge >= 0.3 is 5.82 Å². The average molecular weight is 342 g/mol. The summed E-state index contributed by atoms with van der Waals surface area (Å²) in [5, 5.41) is 13.4. The zero-order chi connectivity index (χ0) is 16.5. The Morgan fingerprint density at radius 1 is 1.21 bits per heavy atom. The molecule has 1 saturated heterocycles. The number of hydrogen-bond donors (Lipinski definition) is 0. The molecule has 0 amide bonds. The number of aromatic nitrogens is 2. The Balaban J connectivity index is 1.61. The highest BCUT2D eigenvalue weighted by Crippen LogP contribution is 2.35. The molecule has 1 unspecified atom stereocenters. The molecule has 1 aliphatic rings. The number of fused-ring (bicyclic) bond motifs is 1. The summed E-state index contributed by atoms with van der Waals surface area (Å²) in [4.78, 5) is 18.5. The lowest BCUT2D eigenvalue weighted by Gasteiger charge is -2.19. The van der Waals surface area contributed by atoms with E-state index >= 15 is 0 Å². The second kappa shape index (κ2) is 6.24. The van der Waals surface area contributed by atoms with E-state index in [1.54, 1.807) is 10.6 Å². The number of benzene rings is 1. The van der Waals surface area contributed by atoms with Crippen LogP contribution in [0.1, 0.15) is 30.7 Å². The number of anilines is 1. The Bertz CT molecular complexity index is 858. The summed E-state index contributed by atoms with van der Waals surface area (Å²) in [6, 6.07) is 10.5. The quantitative estimate of drug-likeness (QED) is 0.531. The van der Waals surface area contributed by atoms with E-state index in [-0.39, 0.29) is 10.7 Å². The third-order valence-electron chi connectivity index (χ3n) is 4.69. The van der Waals surface area contributed by atoms with Crippen LogP contribution in [-0.2, 0) is 0 Å². The first-order chi connectivity index (χ1) is 11.7. The van der Waals surface area contributed by atoms with Gasteiger partial charge in [0.2, 0.25) is 5.82 Å². The molecule has 3 aromatic rings. The molecule has 1 atom stereocenters. The minimum atomic E-state index is -0.318. The van der Waals surface area contributed by atoms with Crippen molar-refractivity contribution in [2.75, 3.05) is 18.0 Å². The van der Waals surface area contributed by atoms with E-state index in [0.717, 1.165) is 32.4 Å². The standard InChI is InChI=1S/C17H18N4O2S/c22-21(23)16-15(18-17-20(16)11-12-24-17)19-9-4-7-14(8-10-19)13-5-2-1-3-6-13/h1-3,5-6,11-12,14H,4,7-10H2. The molecule has 6 nitrogen and oxygen atoms in total. The number of imidazole rings is 1. The molecule has 0 saturated carbocycles. The molecule has 24 heavy (non-hydrogen) atoms. The smallest absolute Gasteiger partial charge is 0.358 e. The molecule has 1 aliphatic heterocycles. The van der Waals surface area contributed by atoms with Crippen molar-refractivity contribution in [2.24, 2.45) is 0 Å². The van der Waals surface area contributed by atoms with Crippen molar-refractivity contribution >= 4 is 27.9 Å². The van der Waals surface area contributed by atoms with Gasteiger partial charge in [-0.2, -0.15) is 9.38 Å². The van der Waals surface area contributed by atoms with Crippen LogP contribution in [-0.4, -0.2) is 27.4 Å². The van der Waals surface area contributed by atoms with Gasteiger partial charge in [-0.1, -0.05) is 41.7 Å². The summed E-state index contributed by atoms with van der Waals surface area (Å²) in [5.41, 5.74) is 1.36. The Morgan fingerprint density at radius 2 is 2.04 bits per heavy atom. The minimum Gasteiger partial charge on any atom is -0.358 e. The van der Waals surface area contributed by atoms with Crippen LogP contribution in [0.3, 0.4) is 0 Å². The van der Waals surface area contributed by atoms with E-state index in [0.29, 0.717) is 16.7 Å². The molecular weight excluding hydrogens is 324 g/mol. The Kier molecular flexibility index (Phi) is 3.93. The van der Waals surface area contributed by atoms with Gasteiger partial charge in [0.15, 0.2) is 0 Å². The summed E-state index contributed by atoms with van der Waals surface area (Å²) < 4.78 is 1.58. The number of hydrogen-bond acceptors (Lipinski definition) is 5. The molecule has 1 aromatic carbocycles. The Morgan fingerprint density at radius 3 is 2.83 bits per heavy atom. The minimum absolute atomic E-state index is 0.0874. The van der Waals surface area contributed by atoms with Gasteiger partial charge in [0.25, 0.3) is 4.96 Å². The Labute approximate surface area is 143 Å². The molecule has 2 aromatic heterocycles. The van der Waals surface area contributed by atoms with Crippen LogP contribution in [0.2, 0.25) is 0 Å². The second-order valence-corrected chi connectivity index (χ2v) is 6.97. The zero-order valence-electron chi connectivity index (χ0n) is 13.2. The topological polar surface area (TPSA) is 63.7 Å². The normalized spacial score (nSPS) is 18.7. The average Bonchev–Trinajstić information content (AvgIpc) is 3.08. The third kappa shape index (κ3) is 2.65. The summed E-state index contributed by atoms with van der Waals surface area (Å²) in [7, 11) is 0. The number of nitro groups is 1. The number of thiazole rings is 1. The highest BCUT2D eigenvalue weighted by Gasteiger charge is 2.29. The van der Waals surface area contributed by atoms with Crippen LogP contribution in [0.4, 0.5) is 11.6 Å². The lowest BCUT2D eigenvalue weighted by molar-refractivity contribution is -0.389. The summed E-state index contributed by atoms with van der Waals surface area (Å²) in [6.07, 6.45) is 4.84. The first kappa shape index (κ1) is 15.1. The maximum absolute atomic E-state index is 11.5. The summed E-state index contributed by atoms with van der Waals surface area (Å²) in [5.74, 6) is 1.11. The maximum atomic E-state index is 11.5. The van der Waals surface area contributed by atoms with Gasteiger partial charge in [0, 0.05) is 18.5 Å². The fraction of sp³-hybridized carbons (Fsp3) is 0.353. The number of rotatable bonds is 3. The van der Waals surface area contributed by atoms with Crippen LogP contribution in [0.25, 0.3) is 4.96 Å². The van der Waals surface area contributed by atoms with Crippen LogP contribution in [0, 0.1) is 10.1 Å². The largest absolute Gasteiger partial charge is 0.373 e. The fourth-order valence-electron chi connectivity index (χ4n) is 3.51. The van der Waals surface area contributed by atoms with Crippen LogP contribution in [0.5, 0.6) is 0 Å². The predicted molar refractivity (Wildman–Crippen MR) is 95.0 cm³/mol. The van der Waals surface area contributed by atoms with Gasteiger partial charge in [0.1, 0.15) is 6.20 Å². The second-order valence-electron chi connectivity index (χ2n) is 6.10. The van der Waals surface area contributed by atoms with E-state index in [1.807, 2.05) is 11.4 Å². The van der Waals surface area contributed by atoms with Gasteiger partial charge in [-0.15, -0.1) is 0 Å². The first-order valence-corrected chi connectivity index (χ1v) is 9.02. The van der Waals surface area contributed by atoms with Crippen LogP contribution in [0.15, 0.2) is 41.9 Å². The molecular formula is C17H18N4O2S. The van der Waals surface area contributed by atoms with E-state index in [1.165, 1.54) is 16.9 Å². The monoisotopic (exact) mass is 342 g/mol. The zero-order valence-corrected chi connectivity index (χ0v) is 14.0. The molecule has 7 heteroatoms. The van der Waals surface area contributed by atoms with Gasteiger partial charge in [-0.3, -0.25) is 0 Å². The molecule has 3 heterocycles. The van der Waals surface area contributed by atoms with Gasteiger partial charge < -0.3 is 15.0 Å². The molecule has 0 spiro atoms. The first-order valence-electron chi connectivity index (χ1n) is 8.14. The molecule has 4 rings (SSSR count). The lowest BCUT2D eigenvalue weighted by atomic mass is 9.92. The molecule has 1 fully saturated rings. The van der Waals surface area contributed by atoms with Crippen LogP contribution < -0.4 is 4.90 Å². The summed E-state index contributed by atoms with van der Waals surface area (Å²) >= 11 is 1.43. The van der Waals surface area contributed by atoms with E-state index in [2.05, 4.69) is 34.1 Å². The molecule has 124 valence electrons. The van der Waals surface area contributed by atoms with Crippen molar-refractivity contribution in [2.45, 2.75) is 25.2 Å². The van der Waals surface area contributed by atoms with Crippen molar-refractivity contribution in [1.29, 1.82) is 0 Å². The SMILES string of the molecule is O=[N+]([O-])c1c(N2CCCC(c3ccccc3)CC2)nc2sccn12. The molecule has 0 N–H and O–H groups in total. The van der Waals surface area contributed by atoms with Gasteiger partial charge in [-0.25, -0.2) is 0 Å². The third-order valence-corrected chi connectivity index (χ3v) is 5.45. The van der Waals surface area contributed by atoms with E-state index in [9.17, 15) is 10.1 Å². The fourth-order valence-corrected chi connectivity index (χ4v) is 4.22. The molecule has 0 radical (unpaired) electrons. The van der Waals surface area contributed by atoms with Crippen molar-refractivity contribution in [3.8, 4) is 0 Å². The molecule has 0 bridgehead atoms. The lowest BCUT2D eigenvalue weighted by Crippen LogP contribution is -2.25.